The predicted molar refractivity (Wildman–Crippen MR) is 95.4 cm³/mol. The third kappa shape index (κ3) is 2.13. The van der Waals surface area contributed by atoms with Gasteiger partial charge in [-0.05, 0) is 34.6 Å². The third-order valence-corrected chi connectivity index (χ3v) is 5.94. The van der Waals surface area contributed by atoms with E-state index in [1.807, 2.05) is 54.6 Å². The van der Waals surface area contributed by atoms with Crippen molar-refractivity contribution in [1.82, 2.24) is 10.4 Å². The summed E-state index contributed by atoms with van der Waals surface area (Å²) in [5, 5.41) is 3.03. The molecule has 130 valence electrons. The minimum atomic E-state index is -0.344. The van der Waals surface area contributed by atoms with Crippen molar-refractivity contribution in [3.63, 3.8) is 0 Å². The second kappa shape index (κ2) is 5.53. The van der Waals surface area contributed by atoms with Gasteiger partial charge in [0.15, 0.2) is 0 Å². The molecule has 1 saturated heterocycles. The van der Waals surface area contributed by atoms with Gasteiger partial charge in [-0.15, -0.1) is 0 Å². The minimum absolute atomic E-state index is 0.124. The molecule has 4 atom stereocenters. The molecular weight excluding hydrogens is 328 g/mol. The Bertz CT molecular complexity index is 945. The fraction of sp³-hybridized carbons (Fsp3) is 0.286. The fourth-order valence-corrected chi connectivity index (χ4v) is 4.80. The van der Waals surface area contributed by atoms with Crippen LogP contribution in [0, 0.1) is 23.7 Å². The van der Waals surface area contributed by atoms with Gasteiger partial charge in [0.1, 0.15) is 0 Å². The molecule has 0 spiro atoms. The Morgan fingerprint density at radius 3 is 2.35 bits per heavy atom. The maximum Gasteiger partial charge on any atom is 0.252 e. The maximum atomic E-state index is 12.6. The summed E-state index contributed by atoms with van der Waals surface area (Å²) < 4.78 is 0. The van der Waals surface area contributed by atoms with Gasteiger partial charge in [0.05, 0.1) is 18.3 Å². The quantitative estimate of drug-likeness (QED) is 0.684. The standard InChI is InChI=1S/C21H18N2O3/c24-17(11-13-6-3-5-12-4-1-2-7-16(12)13)22-23-20(25)18-14-8-9-15(10-14)19(18)21(23)26/h1-9,14-15,18-19H,10-11H2,(H,22,24)/t14-,15+,18-,19-/m0/s1. The molecule has 1 heterocycles. The van der Waals surface area contributed by atoms with Gasteiger partial charge in [-0.25, -0.2) is 0 Å². The smallest absolute Gasteiger partial charge is 0.252 e. The van der Waals surface area contributed by atoms with Gasteiger partial charge in [-0.1, -0.05) is 54.6 Å². The van der Waals surface area contributed by atoms with Crippen molar-refractivity contribution in [2.75, 3.05) is 0 Å². The van der Waals surface area contributed by atoms with E-state index >= 15 is 0 Å². The monoisotopic (exact) mass is 346 g/mol. The van der Waals surface area contributed by atoms with Crippen molar-refractivity contribution in [3.05, 3.63) is 60.2 Å². The molecule has 0 radical (unpaired) electrons. The number of amides is 3. The topological polar surface area (TPSA) is 66.5 Å². The number of carbonyl (C=O) groups is 3. The van der Waals surface area contributed by atoms with Crippen molar-refractivity contribution >= 4 is 28.5 Å². The highest BCUT2D eigenvalue weighted by Crippen LogP contribution is 2.52. The number of nitrogens with zero attached hydrogens (tertiary/aromatic N) is 1. The van der Waals surface area contributed by atoms with Crippen LogP contribution in [-0.2, 0) is 20.8 Å². The SMILES string of the molecule is O=C(Cc1cccc2ccccc12)NN1C(=O)[C@@H]2[C@@H](C1=O)[C@H]1C=C[C@@H]2C1. The Balaban J connectivity index is 1.35. The molecule has 26 heavy (non-hydrogen) atoms. The summed E-state index contributed by atoms with van der Waals surface area (Å²) in [6.07, 6.45) is 5.08. The normalized spacial score (nSPS) is 28.8. The number of benzene rings is 2. The van der Waals surface area contributed by atoms with E-state index in [2.05, 4.69) is 5.43 Å². The van der Waals surface area contributed by atoms with Crippen LogP contribution in [0.5, 0.6) is 0 Å². The molecule has 0 aromatic heterocycles. The van der Waals surface area contributed by atoms with E-state index in [1.165, 1.54) is 0 Å². The predicted octanol–water partition coefficient (Wildman–Crippen LogP) is 2.22. The lowest BCUT2D eigenvalue weighted by molar-refractivity contribution is -0.149. The van der Waals surface area contributed by atoms with Crippen molar-refractivity contribution in [2.24, 2.45) is 23.7 Å². The summed E-state index contributed by atoms with van der Waals surface area (Å²) in [5.41, 5.74) is 3.43. The molecular formula is C21H18N2O3. The molecule has 1 N–H and O–H groups in total. The molecule has 3 amide bonds. The maximum absolute atomic E-state index is 12.6. The van der Waals surface area contributed by atoms with E-state index in [9.17, 15) is 14.4 Å². The van der Waals surface area contributed by atoms with Gasteiger partial charge in [0.2, 0.25) is 5.91 Å². The van der Waals surface area contributed by atoms with Crippen LogP contribution in [0.4, 0.5) is 0 Å². The molecule has 2 aromatic rings. The Kier molecular flexibility index (Phi) is 3.26. The van der Waals surface area contributed by atoms with Gasteiger partial charge in [-0.2, -0.15) is 5.01 Å². The first-order chi connectivity index (χ1) is 12.6. The van der Waals surface area contributed by atoms with Crippen LogP contribution in [0.1, 0.15) is 12.0 Å². The number of allylic oxidation sites excluding steroid dienone is 2. The number of hydrazine groups is 1. The molecule has 1 aliphatic heterocycles. The first kappa shape index (κ1) is 15.3. The zero-order valence-corrected chi connectivity index (χ0v) is 14.1. The largest absolute Gasteiger partial charge is 0.273 e. The molecule has 1 saturated carbocycles. The summed E-state index contributed by atoms with van der Waals surface area (Å²) in [6.45, 7) is 0. The number of rotatable bonds is 3. The Morgan fingerprint density at radius 1 is 0.962 bits per heavy atom. The van der Waals surface area contributed by atoms with Crippen LogP contribution in [0.2, 0.25) is 0 Å². The highest BCUT2D eigenvalue weighted by atomic mass is 16.2. The Morgan fingerprint density at radius 2 is 1.62 bits per heavy atom. The molecule has 3 aliphatic rings. The molecule has 5 rings (SSSR count). The Hall–Kier alpha value is -2.95. The van der Waals surface area contributed by atoms with E-state index in [0.29, 0.717) is 0 Å². The molecule has 5 heteroatoms. The highest BCUT2D eigenvalue weighted by molar-refractivity contribution is 6.07. The zero-order chi connectivity index (χ0) is 17.8. The number of hydrogen-bond donors (Lipinski definition) is 1. The van der Waals surface area contributed by atoms with E-state index < -0.39 is 0 Å². The van der Waals surface area contributed by atoms with E-state index in [1.54, 1.807) is 0 Å². The second-order valence-electron chi connectivity index (χ2n) is 7.36. The van der Waals surface area contributed by atoms with E-state index in [4.69, 9.17) is 0 Å². The summed E-state index contributed by atoms with van der Waals surface area (Å²) in [6, 6.07) is 13.6. The average molecular weight is 346 g/mol. The van der Waals surface area contributed by atoms with E-state index in [-0.39, 0.29) is 47.8 Å². The number of nitrogens with one attached hydrogen (secondary N) is 1. The summed E-state index contributed by atoms with van der Waals surface area (Å²) in [4.78, 5) is 37.8. The van der Waals surface area contributed by atoms with Crippen molar-refractivity contribution < 1.29 is 14.4 Å². The van der Waals surface area contributed by atoms with Gasteiger partial charge in [0.25, 0.3) is 11.8 Å². The van der Waals surface area contributed by atoms with Gasteiger partial charge in [-0.3, -0.25) is 19.8 Å². The van der Waals surface area contributed by atoms with Crippen molar-refractivity contribution in [3.8, 4) is 0 Å². The van der Waals surface area contributed by atoms with Gasteiger partial charge >= 0.3 is 0 Å². The van der Waals surface area contributed by atoms with Crippen LogP contribution < -0.4 is 5.43 Å². The minimum Gasteiger partial charge on any atom is -0.273 e. The lowest BCUT2D eigenvalue weighted by Crippen LogP contribution is -2.47. The molecule has 2 bridgehead atoms. The zero-order valence-electron chi connectivity index (χ0n) is 14.1. The van der Waals surface area contributed by atoms with Crippen LogP contribution in [0.25, 0.3) is 10.8 Å². The van der Waals surface area contributed by atoms with Crippen LogP contribution >= 0.6 is 0 Å². The van der Waals surface area contributed by atoms with Crippen LogP contribution in [-0.4, -0.2) is 22.7 Å². The first-order valence-corrected chi connectivity index (χ1v) is 8.96. The third-order valence-electron chi connectivity index (χ3n) is 5.94. The fourth-order valence-electron chi connectivity index (χ4n) is 4.80. The number of fused-ring (bicyclic) bond motifs is 6. The number of carbonyl (C=O) groups excluding carboxylic acids is 3. The average Bonchev–Trinajstić information content (AvgIpc) is 3.32. The molecule has 2 fully saturated rings. The second-order valence-corrected chi connectivity index (χ2v) is 7.36. The molecule has 5 nitrogen and oxygen atoms in total. The summed E-state index contributed by atoms with van der Waals surface area (Å²) >= 11 is 0. The Labute approximate surface area is 150 Å². The number of hydrogen-bond acceptors (Lipinski definition) is 3. The number of imide groups is 1. The summed E-state index contributed by atoms with van der Waals surface area (Å²) in [5.74, 6) is -1.18. The highest BCUT2D eigenvalue weighted by Gasteiger charge is 2.59. The molecule has 2 aromatic carbocycles. The van der Waals surface area contributed by atoms with Crippen molar-refractivity contribution in [1.29, 1.82) is 0 Å². The lowest BCUT2D eigenvalue weighted by atomic mass is 9.85. The van der Waals surface area contributed by atoms with Crippen LogP contribution in [0.3, 0.4) is 0 Å². The van der Waals surface area contributed by atoms with Gasteiger partial charge < -0.3 is 0 Å². The van der Waals surface area contributed by atoms with Crippen molar-refractivity contribution in [2.45, 2.75) is 12.8 Å². The molecule has 0 unspecified atom stereocenters. The first-order valence-electron chi connectivity index (χ1n) is 8.96. The summed E-state index contributed by atoms with van der Waals surface area (Å²) in [7, 11) is 0. The molecule has 2 aliphatic carbocycles. The van der Waals surface area contributed by atoms with Gasteiger partial charge in [0, 0.05) is 0 Å². The lowest BCUT2D eigenvalue weighted by Gasteiger charge is -2.18. The van der Waals surface area contributed by atoms with Crippen LogP contribution in [0.15, 0.2) is 54.6 Å². The van der Waals surface area contributed by atoms with E-state index in [0.717, 1.165) is 27.8 Å².